The molecular formula is C17H23NO4. The Labute approximate surface area is 130 Å². The molecule has 1 saturated heterocycles. The van der Waals surface area contributed by atoms with Gasteiger partial charge in [0.2, 0.25) is 0 Å². The van der Waals surface area contributed by atoms with Gasteiger partial charge in [0, 0.05) is 0 Å². The van der Waals surface area contributed by atoms with E-state index >= 15 is 0 Å². The zero-order valence-corrected chi connectivity index (χ0v) is 13.4. The summed E-state index contributed by atoms with van der Waals surface area (Å²) in [5, 5.41) is 9.46. The van der Waals surface area contributed by atoms with Crippen LogP contribution >= 0.6 is 0 Å². The van der Waals surface area contributed by atoms with Crippen molar-refractivity contribution in [2.75, 3.05) is 0 Å². The van der Waals surface area contributed by atoms with Crippen LogP contribution in [0, 0.1) is 5.92 Å². The number of hydrogen-bond donors (Lipinski definition) is 1. The van der Waals surface area contributed by atoms with Crippen molar-refractivity contribution in [2.24, 2.45) is 5.92 Å². The van der Waals surface area contributed by atoms with E-state index < -0.39 is 23.7 Å². The quantitative estimate of drug-likeness (QED) is 0.908. The van der Waals surface area contributed by atoms with Gasteiger partial charge < -0.3 is 9.84 Å². The van der Waals surface area contributed by atoms with Gasteiger partial charge in [-0.2, -0.15) is 0 Å². The van der Waals surface area contributed by atoms with Gasteiger partial charge in [-0.1, -0.05) is 37.3 Å². The maximum absolute atomic E-state index is 12.5. The molecule has 1 aromatic rings. The van der Waals surface area contributed by atoms with Crippen molar-refractivity contribution < 1.29 is 19.4 Å². The molecule has 1 heterocycles. The van der Waals surface area contributed by atoms with Crippen LogP contribution in [0.25, 0.3) is 0 Å². The largest absolute Gasteiger partial charge is 0.480 e. The van der Waals surface area contributed by atoms with Crippen molar-refractivity contribution >= 4 is 12.1 Å². The molecule has 3 atom stereocenters. The van der Waals surface area contributed by atoms with Gasteiger partial charge in [-0.15, -0.1) is 0 Å². The fourth-order valence-corrected chi connectivity index (χ4v) is 2.98. The molecule has 0 unspecified atom stereocenters. The van der Waals surface area contributed by atoms with Gasteiger partial charge in [0.15, 0.2) is 0 Å². The number of benzene rings is 1. The molecule has 0 saturated carbocycles. The summed E-state index contributed by atoms with van der Waals surface area (Å²) < 4.78 is 5.43. The average molecular weight is 305 g/mol. The molecule has 1 aliphatic heterocycles. The molecule has 22 heavy (non-hydrogen) atoms. The first-order valence-electron chi connectivity index (χ1n) is 7.50. The number of nitrogens with zero attached hydrogens (tertiary/aromatic N) is 1. The van der Waals surface area contributed by atoms with E-state index in [1.165, 1.54) is 4.90 Å². The van der Waals surface area contributed by atoms with Crippen LogP contribution in [0.2, 0.25) is 0 Å². The number of aliphatic carboxylic acids is 1. The molecule has 1 amide bonds. The van der Waals surface area contributed by atoms with E-state index in [-0.39, 0.29) is 12.0 Å². The lowest BCUT2D eigenvalue weighted by atomic mass is 9.95. The van der Waals surface area contributed by atoms with E-state index in [4.69, 9.17) is 4.74 Å². The number of amides is 1. The second-order valence-electron chi connectivity index (χ2n) is 6.81. The van der Waals surface area contributed by atoms with Crippen molar-refractivity contribution in [3.63, 3.8) is 0 Å². The van der Waals surface area contributed by atoms with Gasteiger partial charge in [0.05, 0.1) is 6.04 Å². The van der Waals surface area contributed by atoms with Gasteiger partial charge in [0.1, 0.15) is 11.6 Å². The summed E-state index contributed by atoms with van der Waals surface area (Å²) in [4.78, 5) is 25.5. The van der Waals surface area contributed by atoms with Gasteiger partial charge in [-0.3, -0.25) is 4.90 Å². The molecule has 1 aliphatic rings. The molecule has 120 valence electrons. The van der Waals surface area contributed by atoms with Crippen molar-refractivity contribution in [3.05, 3.63) is 35.9 Å². The summed E-state index contributed by atoms with van der Waals surface area (Å²) in [6.07, 6.45) is -0.146. The van der Waals surface area contributed by atoms with Crippen molar-refractivity contribution in [1.29, 1.82) is 0 Å². The highest BCUT2D eigenvalue weighted by Crippen LogP contribution is 2.41. The third-order valence-corrected chi connectivity index (χ3v) is 3.80. The summed E-state index contributed by atoms with van der Waals surface area (Å²) in [6.45, 7) is 7.30. The van der Waals surface area contributed by atoms with Gasteiger partial charge in [-0.05, 0) is 38.7 Å². The van der Waals surface area contributed by atoms with Crippen LogP contribution in [0.3, 0.4) is 0 Å². The fraction of sp³-hybridized carbons (Fsp3) is 0.529. The number of likely N-dealkylation sites (tertiary alicyclic amines) is 1. The highest BCUT2D eigenvalue weighted by Gasteiger charge is 2.47. The van der Waals surface area contributed by atoms with Crippen LogP contribution in [0.4, 0.5) is 4.79 Å². The lowest BCUT2D eigenvalue weighted by Gasteiger charge is -2.32. The summed E-state index contributed by atoms with van der Waals surface area (Å²) in [7, 11) is 0. The molecule has 1 fully saturated rings. The predicted octanol–water partition coefficient (Wildman–Crippen LogP) is 3.46. The number of carboxylic acids is 1. The monoisotopic (exact) mass is 305 g/mol. The Morgan fingerprint density at radius 2 is 1.82 bits per heavy atom. The number of carbonyl (C=O) groups excluding carboxylic acids is 1. The minimum atomic E-state index is -0.990. The maximum atomic E-state index is 12.5. The number of carbonyl (C=O) groups is 2. The minimum absolute atomic E-state index is 0.0519. The smallest absolute Gasteiger partial charge is 0.411 e. The lowest BCUT2D eigenvalue weighted by molar-refractivity contribution is -0.142. The molecule has 5 heteroatoms. The van der Waals surface area contributed by atoms with Crippen LogP contribution in [-0.2, 0) is 9.53 Å². The Bertz CT molecular complexity index is 550. The molecule has 2 rings (SSSR count). The molecule has 0 spiro atoms. The van der Waals surface area contributed by atoms with E-state index in [2.05, 4.69) is 0 Å². The Morgan fingerprint density at radius 1 is 1.23 bits per heavy atom. The third kappa shape index (κ3) is 3.40. The standard InChI is InChI=1S/C17H23NO4/c1-11-10-13(15(19)20)18(16(21)22-17(2,3)4)14(11)12-8-6-5-7-9-12/h5-9,11,13-14H,10H2,1-4H3,(H,19,20)/t11-,13+,14-/m0/s1. The summed E-state index contributed by atoms with van der Waals surface area (Å²) >= 11 is 0. The third-order valence-electron chi connectivity index (χ3n) is 3.80. The van der Waals surface area contributed by atoms with Crippen LogP contribution in [0.1, 0.15) is 45.7 Å². The Hall–Kier alpha value is -2.04. The molecule has 1 aromatic carbocycles. The number of hydrogen-bond acceptors (Lipinski definition) is 3. The molecule has 0 radical (unpaired) electrons. The van der Waals surface area contributed by atoms with Gasteiger partial charge >= 0.3 is 12.1 Å². The summed E-state index contributed by atoms with van der Waals surface area (Å²) in [5.41, 5.74) is 0.275. The molecule has 5 nitrogen and oxygen atoms in total. The topological polar surface area (TPSA) is 66.8 Å². The molecular weight excluding hydrogens is 282 g/mol. The van der Waals surface area contributed by atoms with E-state index in [0.29, 0.717) is 6.42 Å². The van der Waals surface area contributed by atoms with E-state index in [9.17, 15) is 14.7 Å². The maximum Gasteiger partial charge on any atom is 0.411 e. The van der Waals surface area contributed by atoms with Gasteiger partial charge in [0.25, 0.3) is 0 Å². The average Bonchev–Trinajstić information content (AvgIpc) is 2.75. The van der Waals surface area contributed by atoms with Crippen LogP contribution in [0.5, 0.6) is 0 Å². The van der Waals surface area contributed by atoms with Gasteiger partial charge in [-0.25, -0.2) is 9.59 Å². The van der Waals surface area contributed by atoms with Crippen molar-refractivity contribution in [2.45, 2.75) is 51.8 Å². The zero-order chi connectivity index (χ0) is 16.5. The van der Waals surface area contributed by atoms with Crippen molar-refractivity contribution in [3.8, 4) is 0 Å². The van der Waals surface area contributed by atoms with E-state index in [1.54, 1.807) is 20.8 Å². The fourth-order valence-electron chi connectivity index (χ4n) is 2.98. The highest BCUT2D eigenvalue weighted by atomic mass is 16.6. The second kappa shape index (κ2) is 5.99. The first-order chi connectivity index (χ1) is 10.2. The summed E-state index contributed by atoms with van der Waals surface area (Å²) in [5.74, 6) is -0.938. The van der Waals surface area contributed by atoms with E-state index in [0.717, 1.165) is 5.56 Å². The Kier molecular flexibility index (Phi) is 4.44. The van der Waals surface area contributed by atoms with Crippen LogP contribution in [-0.4, -0.2) is 33.7 Å². The summed E-state index contributed by atoms with van der Waals surface area (Å²) in [6, 6.07) is 8.39. The lowest BCUT2D eigenvalue weighted by Crippen LogP contribution is -2.44. The Balaban J connectivity index is 2.37. The van der Waals surface area contributed by atoms with Crippen LogP contribution in [0.15, 0.2) is 30.3 Å². The second-order valence-corrected chi connectivity index (χ2v) is 6.81. The SMILES string of the molecule is C[C@H]1C[C@H](C(=O)O)N(C(=O)OC(C)(C)C)[C@@H]1c1ccccc1. The molecule has 0 aliphatic carbocycles. The minimum Gasteiger partial charge on any atom is -0.480 e. The number of ether oxygens (including phenoxy) is 1. The van der Waals surface area contributed by atoms with Crippen molar-refractivity contribution in [1.82, 2.24) is 4.90 Å². The Morgan fingerprint density at radius 3 is 2.32 bits per heavy atom. The zero-order valence-electron chi connectivity index (χ0n) is 13.4. The molecule has 1 N–H and O–H groups in total. The predicted molar refractivity (Wildman–Crippen MR) is 82.5 cm³/mol. The first-order valence-corrected chi connectivity index (χ1v) is 7.50. The molecule has 0 bridgehead atoms. The highest BCUT2D eigenvalue weighted by molar-refractivity contribution is 5.81. The number of rotatable bonds is 2. The first kappa shape index (κ1) is 16.3. The van der Waals surface area contributed by atoms with E-state index in [1.807, 2.05) is 37.3 Å². The van der Waals surface area contributed by atoms with Crippen LogP contribution < -0.4 is 0 Å². The molecule has 0 aromatic heterocycles. The number of carboxylic acid groups (broad SMARTS) is 1. The normalized spacial score (nSPS) is 25.1.